The Balaban J connectivity index is 3.90. The molecule has 20 heavy (non-hydrogen) atoms. The van der Waals surface area contributed by atoms with Crippen molar-refractivity contribution in [2.24, 2.45) is 5.41 Å². The molecule has 0 spiro atoms. The van der Waals surface area contributed by atoms with Crippen LogP contribution in [0.1, 0.15) is 48.5 Å². The standard InChI is InChI=1S/C14H27NO5/c1-10(15-8-20-14(5,6)7)11(16)18-9-19-12(17)13(2,3)4/h10,15H,8-9H2,1-7H3. The molecule has 118 valence electrons. The molecule has 0 aromatic carbocycles. The van der Waals surface area contributed by atoms with Crippen molar-refractivity contribution in [2.45, 2.75) is 60.1 Å². The van der Waals surface area contributed by atoms with Gasteiger partial charge in [0.25, 0.3) is 0 Å². The van der Waals surface area contributed by atoms with E-state index in [1.807, 2.05) is 20.8 Å². The van der Waals surface area contributed by atoms with Gasteiger partial charge in [0.2, 0.25) is 6.79 Å². The lowest BCUT2D eigenvalue weighted by atomic mass is 9.98. The number of esters is 2. The third-order valence-electron chi connectivity index (χ3n) is 2.25. The first-order chi connectivity index (χ1) is 8.93. The van der Waals surface area contributed by atoms with Gasteiger partial charge in [0.15, 0.2) is 0 Å². The number of rotatable bonds is 6. The molecular weight excluding hydrogens is 262 g/mol. The number of nitrogens with one attached hydrogen (secondary N) is 1. The average Bonchev–Trinajstić information content (AvgIpc) is 2.25. The summed E-state index contributed by atoms with van der Waals surface area (Å²) in [6.45, 7) is 12.5. The van der Waals surface area contributed by atoms with Crippen LogP contribution in [0.5, 0.6) is 0 Å². The third-order valence-corrected chi connectivity index (χ3v) is 2.25. The Hall–Kier alpha value is -1.14. The fraction of sp³-hybridized carbons (Fsp3) is 0.857. The number of ether oxygens (including phenoxy) is 3. The molecule has 6 heteroatoms. The molecule has 0 aliphatic carbocycles. The van der Waals surface area contributed by atoms with Crippen molar-refractivity contribution in [3.8, 4) is 0 Å². The van der Waals surface area contributed by atoms with Crippen LogP contribution in [-0.2, 0) is 23.8 Å². The van der Waals surface area contributed by atoms with Crippen LogP contribution in [0.25, 0.3) is 0 Å². The molecule has 0 rings (SSSR count). The summed E-state index contributed by atoms with van der Waals surface area (Å²) in [4.78, 5) is 23.0. The van der Waals surface area contributed by atoms with Gasteiger partial charge in [-0.15, -0.1) is 0 Å². The summed E-state index contributed by atoms with van der Waals surface area (Å²) in [5.41, 5.74) is -0.893. The Morgan fingerprint density at radius 2 is 1.60 bits per heavy atom. The van der Waals surface area contributed by atoms with Crippen molar-refractivity contribution >= 4 is 11.9 Å². The zero-order valence-electron chi connectivity index (χ0n) is 13.5. The Bertz CT molecular complexity index is 327. The van der Waals surface area contributed by atoms with Crippen molar-refractivity contribution in [3.05, 3.63) is 0 Å². The van der Waals surface area contributed by atoms with Crippen LogP contribution in [-0.4, -0.2) is 37.1 Å². The Kier molecular flexibility index (Phi) is 7.16. The zero-order valence-corrected chi connectivity index (χ0v) is 13.5. The largest absolute Gasteiger partial charge is 0.427 e. The molecule has 6 nitrogen and oxygen atoms in total. The van der Waals surface area contributed by atoms with Gasteiger partial charge in [-0.1, -0.05) is 0 Å². The van der Waals surface area contributed by atoms with Gasteiger partial charge in [-0.25, -0.2) is 0 Å². The van der Waals surface area contributed by atoms with Crippen LogP contribution in [0, 0.1) is 5.41 Å². The van der Waals surface area contributed by atoms with Crippen LogP contribution in [0.2, 0.25) is 0 Å². The fourth-order valence-corrected chi connectivity index (χ4v) is 0.949. The summed E-state index contributed by atoms with van der Waals surface area (Å²) < 4.78 is 15.1. The van der Waals surface area contributed by atoms with Crippen molar-refractivity contribution < 1.29 is 23.8 Å². The predicted octanol–water partition coefficient (Wildman–Crippen LogP) is 1.83. The maximum atomic E-state index is 11.6. The van der Waals surface area contributed by atoms with Gasteiger partial charge in [0, 0.05) is 0 Å². The zero-order chi connectivity index (χ0) is 16.0. The highest BCUT2D eigenvalue weighted by Crippen LogP contribution is 2.14. The second-order valence-corrected chi connectivity index (χ2v) is 6.59. The van der Waals surface area contributed by atoms with Gasteiger partial charge in [-0.2, -0.15) is 0 Å². The second-order valence-electron chi connectivity index (χ2n) is 6.59. The van der Waals surface area contributed by atoms with Crippen molar-refractivity contribution in [3.63, 3.8) is 0 Å². The molecule has 0 bridgehead atoms. The van der Waals surface area contributed by atoms with E-state index in [4.69, 9.17) is 14.2 Å². The number of carbonyl (C=O) groups is 2. The summed E-state index contributed by atoms with van der Waals surface area (Å²) in [6.07, 6.45) is 0. The summed E-state index contributed by atoms with van der Waals surface area (Å²) in [7, 11) is 0. The van der Waals surface area contributed by atoms with E-state index in [2.05, 4.69) is 5.32 Å². The van der Waals surface area contributed by atoms with E-state index in [1.54, 1.807) is 27.7 Å². The first-order valence-corrected chi connectivity index (χ1v) is 6.64. The van der Waals surface area contributed by atoms with E-state index < -0.39 is 23.4 Å². The Labute approximate surface area is 121 Å². The molecule has 0 radical (unpaired) electrons. The van der Waals surface area contributed by atoms with Crippen LogP contribution >= 0.6 is 0 Å². The first-order valence-electron chi connectivity index (χ1n) is 6.64. The first kappa shape index (κ1) is 18.9. The smallest absolute Gasteiger partial charge is 0.325 e. The average molecular weight is 289 g/mol. The third kappa shape index (κ3) is 8.87. The molecule has 1 atom stereocenters. The van der Waals surface area contributed by atoms with Crippen LogP contribution in [0.15, 0.2) is 0 Å². The topological polar surface area (TPSA) is 73.9 Å². The quantitative estimate of drug-likeness (QED) is 0.594. The molecule has 0 aromatic heterocycles. The van der Waals surface area contributed by atoms with Crippen LogP contribution in [0.3, 0.4) is 0 Å². The Morgan fingerprint density at radius 1 is 1.05 bits per heavy atom. The van der Waals surface area contributed by atoms with Gasteiger partial charge in [-0.3, -0.25) is 14.9 Å². The van der Waals surface area contributed by atoms with Crippen molar-refractivity contribution in [2.75, 3.05) is 13.5 Å². The normalized spacial score (nSPS) is 13.8. The van der Waals surface area contributed by atoms with E-state index in [-0.39, 0.29) is 19.1 Å². The molecule has 0 fully saturated rings. The van der Waals surface area contributed by atoms with Crippen molar-refractivity contribution in [1.29, 1.82) is 0 Å². The molecular formula is C14H27NO5. The summed E-state index contributed by atoms with van der Waals surface area (Å²) in [5, 5.41) is 2.87. The predicted molar refractivity (Wildman–Crippen MR) is 74.8 cm³/mol. The number of hydrogen-bond acceptors (Lipinski definition) is 6. The summed E-state index contributed by atoms with van der Waals surface area (Å²) >= 11 is 0. The van der Waals surface area contributed by atoms with Gasteiger partial charge in [0.05, 0.1) is 17.7 Å². The lowest BCUT2D eigenvalue weighted by molar-refractivity contribution is -0.174. The molecule has 0 aromatic rings. The maximum absolute atomic E-state index is 11.6. The minimum absolute atomic E-state index is 0.238. The lowest BCUT2D eigenvalue weighted by Gasteiger charge is -2.21. The van der Waals surface area contributed by atoms with Gasteiger partial charge in [-0.05, 0) is 48.5 Å². The molecule has 0 amide bonds. The fourth-order valence-electron chi connectivity index (χ4n) is 0.949. The SMILES string of the molecule is CC(NCOC(C)(C)C)C(=O)OCOC(=O)C(C)(C)C. The second kappa shape index (κ2) is 7.59. The van der Waals surface area contributed by atoms with Crippen LogP contribution in [0.4, 0.5) is 0 Å². The highest BCUT2D eigenvalue weighted by atomic mass is 16.7. The molecule has 0 saturated heterocycles. The lowest BCUT2D eigenvalue weighted by Crippen LogP contribution is -2.39. The van der Waals surface area contributed by atoms with Crippen molar-refractivity contribution in [1.82, 2.24) is 5.32 Å². The van der Waals surface area contributed by atoms with E-state index in [0.29, 0.717) is 0 Å². The van der Waals surface area contributed by atoms with Gasteiger partial charge in [0.1, 0.15) is 6.04 Å². The van der Waals surface area contributed by atoms with E-state index >= 15 is 0 Å². The van der Waals surface area contributed by atoms with E-state index in [9.17, 15) is 9.59 Å². The minimum Gasteiger partial charge on any atom is -0.427 e. The molecule has 0 aliphatic heterocycles. The molecule has 1 N–H and O–H groups in total. The maximum Gasteiger partial charge on any atom is 0.325 e. The van der Waals surface area contributed by atoms with E-state index in [1.165, 1.54) is 0 Å². The van der Waals surface area contributed by atoms with Crippen LogP contribution < -0.4 is 5.32 Å². The molecule has 1 unspecified atom stereocenters. The monoisotopic (exact) mass is 289 g/mol. The van der Waals surface area contributed by atoms with E-state index in [0.717, 1.165) is 0 Å². The Morgan fingerprint density at radius 3 is 2.05 bits per heavy atom. The molecule has 0 aliphatic rings. The van der Waals surface area contributed by atoms with Gasteiger partial charge < -0.3 is 14.2 Å². The number of carbonyl (C=O) groups excluding carboxylic acids is 2. The highest BCUT2D eigenvalue weighted by molar-refractivity contribution is 5.76. The molecule has 0 heterocycles. The number of hydrogen-bond donors (Lipinski definition) is 1. The summed E-state index contributed by atoms with van der Waals surface area (Å²) in [5.74, 6) is -0.911. The highest BCUT2D eigenvalue weighted by Gasteiger charge is 2.24. The summed E-state index contributed by atoms with van der Waals surface area (Å²) in [6, 6.07) is -0.536. The minimum atomic E-state index is -0.614. The van der Waals surface area contributed by atoms with Gasteiger partial charge >= 0.3 is 11.9 Å². The molecule has 0 saturated carbocycles.